The lowest BCUT2D eigenvalue weighted by Gasteiger charge is -2.17. The van der Waals surface area contributed by atoms with Gasteiger partial charge < -0.3 is 14.7 Å². The molecule has 0 radical (unpaired) electrons. The molecule has 1 aliphatic rings. The van der Waals surface area contributed by atoms with E-state index in [1.54, 1.807) is 11.9 Å². The molecule has 98 valence electrons. The van der Waals surface area contributed by atoms with Crippen molar-refractivity contribution >= 4 is 5.91 Å². The topological polar surface area (TPSA) is 62.7 Å². The maximum Gasteiger partial charge on any atom is 0.257 e. The number of carbonyl (C=O) groups excluding carboxylic acids is 1. The van der Waals surface area contributed by atoms with Crippen LogP contribution in [0.25, 0.3) is 0 Å². The Bertz CT molecular complexity index is 418. The Morgan fingerprint density at radius 1 is 1.61 bits per heavy atom. The number of hydrogen-bond acceptors (Lipinski definition) is 4. The van der Waals surface area contributed by atoms with Crippen LogP contribution in [0.4, 0.5) is 0 Å². The van der Waals surface area contributed by atoms with Crippen LogP contribution >= 0.6 is 0 Å². The largest absolute Gasteiger partial charge is 0.505 e. The van der Waals surface area contributed by atoms with E-state index in [9.17, 15) is 9.90 Å². The molecule has 1 amide bonds. The van der Waals surface area contributed by atoms with Crippen molar-refractivity contribution in [3.8, 4) is 5.75 Å². The number of likely N-dealkylation sites (N-methyl/N-ethyl adjacent to an activating group) is 1. The van der Waals surface area contributed by atoms with Gasteiger partial charge in [-0.25, -0.2) is 0 Å². The third-order valence-electron chi connectivity index (χ3n) is 3.00. The fourth-order valence-electron chi connectivity index (χ4n) is 1.61. The summed E-state index contributed by atoms with van der Waals surface area (Å²) in [6.07, 6.45) is 5.29. The van der Waals surface area contributed by atoms with Gasteiger partial charge in [-0.15, -0.1) is 0 Å². The number of aromatic hydroxyl groups is 1. The number of nitrogens with zero attached hydrogens (tertiary/aromatic N) is 2. The van der Waals surface area contributed by atoms with Gasteiger partial charge in [-0.2, -0.15) is 0 Å². The number of rotatable bonds is 6. The average Bonchev–Trinajstić information content (AvgIpc) is 3.18. The number of amides is 1. The van der Waals surface area contributed by atoms with Gasteiger partial charge in [-0.05, 0) is 24.8 Å². The van der Waals surface area contributed by atoms with Crippen molar-refractivity contribution < 1.29 is 14.6 Å². The molecule has 0 atom stereocenters. The lowest BCUT2D eigenvalue weighted by molar-refractivity contribution is 0.0678. The monoisotopic (exact) mass is 250 g/mol. The highest BCUT2D eigenvalue weighted by Gasteiger charge is 2.21. The Morgan fingerprint density at radius 2 is 2.39 bits per heavy atom. The van der Waals surface area contributed by atoms with Crippen LogP contribution in [0, 0.1) is 5.92 Å². The Balaban J connectivity index is 1.78. The minimum atomic E-state index is -0.218. The molecule has 0 aromatic carbocycles. The zero-order valence-corrected chi connectivity index (χ0v) is 10.5. The first-order valence-corrected chi connectivity index (χ1v) is 6.14. The van der Waals surface area contributed by atoms with E-state index in [4.69, 9.17) is 4.74 Å². The highest BCUT2D eigenvalue weighted by molar-refractivity contribution is 5.96. The predicted molar refractivity (Wildman–Crippen MR) is 66.4 cm³/mol. The summed E-state index contributed by atoms with van der Waals surface area (Å²) in [5.41, 5.74) is 0.273. The first-order chi connectivity index (χ1) is 8.68. The van der Waals surface area contributed by atoms with Crippen LogP contribution in [-0.4, -0.2) is 47.7 Å². The predicted octanol–water partition coefficient (Wildman–Crippen LogP) is 1.29. The minimum absolute atomic E-state index is 0.0896. The number of hydrogen-bond donors (Lipinski definition) is 1. The van der Waals surface area contributed by atoms with E-state index in [0.717, 1.165) is 12.5 Å². The van der Waals surface area contributed by atoms with Gasteiger partial charge >= 0.3 is 0 Å². The van der Waals surface area contributed by atoms with Gasteiger partial charge in [0.05, 0.1) is 18.4 Å². The fraction of sp³-hybridized carbons (Fsp3) is 0.538. The van der Waals surface area contributed by atoms with Crippen molar-refractivity contribution in [1.29, 1.82) is 0 Å². The lowest BCUT2D eigenvalue weighted by atomic mass is 10.2. The van der Waals surface area contributed by atoms with Crippen molar-refractivity contribution in [2.24, 2.45) is 5.92 Å². The number of pyridine rings is 1. The van der Waals surface area contributed by atoms with Gasteiger partial charge in [0, 0.05) is 26.4 Å². The van der Waals surface area contributed by atoms with Gasteiger partial charge in [0.25, 0.3) is 5.91 Å². The van der Waals surface area contributed by atoms with Crippen LogP contribution < -0.4 is 0 Å². The molecule has 1 fully saturated rings. The van der Waals surface area contributed by atoms with Crippen molar-refractivity contribution in [2.45, 2.75) is 12.8 Å². The van der Waals surface area contributed by atoms with Crippen LogP contribution in [0.2, 0.25) is 0 Å². The molecule has 1 aliphatic carbocycles. The number of ether oxygens (including phenoxy) is 1. The van der Waals surface area contributed by atoms with Crippen molar-refractivity contribution in [1.82, 2.24) is 9.88 Å². The molecule has 0 aliphatic heterocycles. The summed E-state index contributed by atoms with van der Waals surface area (Å²) in [5, 5.41) is 9.54. The highest BCUT2D eigenvalue weighted by Crippen LogP contribution is 2.28. The van der Waals surface area contributed by atoms with Crippen molar-refractivity contribution in [3.63, 3.8) is 0 Å². The molecule has 2 rings (SSSR count). The van der Waals surface area contributed by atoms with Gasteiger partial charge in [-0.3, -0.25) is 9.78 Å². The highest BCUT2D eigenvalue weighted by atomic mass is 16.5. The Kier molecular flexibility index (Phi) is 4.15. The van der Waals surface area contributed by atoms with E-state index >= 15 is 0 Å². The van der Waals surface area contributed by atoms with E-state index in [1.165, 1.54) is 31.3 Å². The molecule has 0 bridgehead atoms. The Labute approximate surface area is 106 Å². The molecule has 1 N–H and O–H groups in total. The summed E-state index contributed by atoms with van der Waals surface area (Å²) in [7, 11) is 1.70. The summed E-state index contributed by atoms with van der Waals surface area (Å²) in [5.74, 6) is 0.424. The van der Waals surface area contributed by atoms with Crippen molar-refractivity contribution in [2.75, 3.05) is 26.8 Å². The number of carbonyl (C=O) groups is 1. The second-order valence-corrected chi connectivity index (χ2v) is 4.64. The molecule has 18 heavy (non-hydrogen) atoms. The normalized spacial score (nSPS) is 14.5. The molecule has 1 aromatic heterocycles. The van der Waals surface area contributed by atoms with Gasteiger partial charge in [0.1, 0.15) is 5.75 Å². The summed E-state index contributed by atoms with van der Waals surface area (Å²) in [6, 6.07) is 1.51. The van der Waals surface area contributed by atoms with Gasteiger partial charge in [0.15, 0.2) is 0 Å². The third kappa shape index (κ3) is 3.43. The maximum atomic E-state index is 12.0. The summed E-state index contributed by atoms with van der Waals surface area (Å²) >= 11 is 0. The SMILES string of the molecule is CN(CCOCC1CC1)C(=O)c1ccncc1O. The molecule has 0 saturated heterocycles. The Hall–Kier alpha value is -1.62. The van der Waals surface area contributed by atoms with E-state index in [2.05, 4.69) is 4.98 Å². The quantitative estimate of drug-likeness (QED) is 0.773. The second kappa shape index (κ2) is 5.82. The molecule has 5 nitrogen and oxygen atoms in total. The van der Waals surface area contributed by atoms with Crippen molar-refractivity contribution in [3.05, 3.63) is 24.0 Å². The van der Waals surface area contributed by atoms with E-state index < -0.39 is 0 Å². The van der Waals surface area contributed by atoms with E-state index in [0.29, 0.717) is 13.2 Å². The summed E-state index contributed by atoms with van der Waals surface area (Å²) < 4.78 is 5.48. The van der Waals surface area contributed by atoms with Gasteiger partial charge in [0.2, 0.25) is 0 Å². The maximum absolute atomic E-state index is 12.0. The first kappa shape index (κ1) is 12.8. The zero-order valence-electron chi connectivity index (χ0n) is 10.5. The zero-order chi connectivity index (χ0) is 13.0. The Morgan fingerprint density at radius 3 is 3.06 bits per heavy atom. The molecule has 1 saturated carbocycles. The van der Waals surface area contributed by atoms with Crippen LogP contribution in [0.1, 0.15) is 23.2 Å². The standard InChI is InChI=1S/C13H18N2O3/c1-15(6-7-18-9-10-2-3-10)13(17)11-4-5-14-8-12(11)16/h4-5,8,10,16H,2-3,6-7,9H2,1H3. The molecule has 5 heteroatoms. The molecular formula is C13H18N2O3. The van der Waals surface area contributed by atoms with Crippen LogP contribution in [-0.2, 0) is 4.74 Å². The summed E-state index contributed by atoms with van der Waals surface area (Å²) in [6.45, 7) is 1.85. The smallest absolute Gasteiger partial charge is 0.257 e. The van der Waals surface area contributed by atoms with Crippen LogP contribution in [0.15, 0.2) is 18.5 Å². The molecule has 1 heterocycles. The fourth-order valence-corrected chi connectivity index (χ4v) is 1.61. The van der Waals surface area contributed by atoms with E-state index in [1.807, 2.05) is 0 Å². The average molecular weight is 250 g/mol. The lowest BCUT2D eigenvalue weighted by Crippen LogP contribution is -2.30. The molecule has 1 aromatic rings. The molecule has 0 unspecified atom stereocenters. The second-order valence-electron chi connectivity index (χ2n) is 4.64. The number of aromatic nitrogens is 1. The van der Waals surface area contributed by atoms with Crippen LogP contribution in [0.3, 0.4) is 0 Å². The first-order valence-electron chi connectivity index (χ1n) is 6.14. The molecular weight excluding hydrogens is 232 g/mol. The van der Waals surface area contributed by atoms with Gasteiger partial charge in [-0.1, -0.05) is 0 Å². The van der Waals surface area contributed by atoms with E-state index in [-0.39, 0.29) is 17.2 Å². The molecule has 0 spiro atoms. The third-order valence-corrected chi connectivity index (χ3v) is 3.00. The van der Waals surface area contributed by atoms with Crippen LogP contribution in [0.5, 0.6) is 5.75 Å². The minimum Gasteiger partial charge on any atom is -0.505 e. The summed E-state index contributed by atoms with van der Waals surface area (Å²) in [4.78, 5) is 17.3.